The molecule has 70 valence electrons. The summed E-state index contributed by atoms with van der Waals surface area (Å²) in [4.78, 5) is 2.63. The quantitative estimate of drug-likeness (QED) is 0.597. The molecule has 0 bridgehead atoms. The molecule has 0 amide bonds. The molecule has 0 aromatic carbocycles. The van der Waals surface area contributed by atoms with Crippen LogP contribution < -0.4 is 0 Å². The van der Waals surface area contributed by atoms with Crippen molar-refractivity contribution >= 4 is 0 Å². The largest absolute Gasteiger partial charge is 0.372 e. The van der Waals surface area contributed by atoms with Crippen molar-refractivity contribution in [2.24, 2.45) is 0 Å². The fraction of sp³-hybridized carbons (Fsp3) is 1.00. The second-order valence-corrected chi connectivity index (χ2v) is 4.01. The second kappa shape index (κ2) is 3.75. The molecule has 0 radical (unpaired) electrons. The molecule has 2 atom stereocenters. The molecular formula is C10H19NO. The zero-order valence-corrected chi connectivity index (χ0v) is 7.96. The lowest BCUT2D eigenvalue weighted by atomic mass is 10.00. The van der Waals surface area contributed by atoms with E-state index < -0.39 is 0 Å². The summed E-state index contributed by atoms with van der Waals surface area (Å²) in [5.41, 5.74) is 0. The molecule has 2 aliphatic heterocycles. The molecule has 0 N–H and O–H groups in total. The lowest BCUT2D eigenvalue weighted by molar-refractivity contribution is 0.132. The van der Waals surface area contributed by atoms with Crippen molar-refractivity contribution < 1.29 is 4.74 Å². The Hall–Kier alpha value is -0.0800. The fourth-order valence-electron chi connectivity index (χ4n) is 2.20. The van der Waals surface area contributed by atoms with Crippen LogP contribution in [0.1, 0.15) is 32.6 Å². The maximum Gasteiger partial charge on any atom is 0.0936 e. The van der Waals surface area contributed by atoms with Gasteiger partial charge in [0.15, 0.2) is 0 Å². The van der Waals surface area contributed by atoms with Gasteiger partial charge in [0.2, 0.25) is 0 Å². The third-order valence-electron chi connectivity index (χ3n) is 3.06. The Morgan fingerprint density at radius 1 is 1.42 bits per heavy atom. The number of nitrogens with zero attached hydrogens (tertiary/aromatic N) is 1. The first-order valence-corrected chi connectivity index (χ1v) is 5.26. The van der Waals surface area contributed by atoms with Gasteiger partial charge in [-0.05, 0) is 25.8 Å². The van der Waals surface area contributed by atoms with Crippen LogP contribution in [0.15, 0.2) is 0 Å². The highest BCUT2D eigenvalue weighted by atomic mass is 16.6. The highest BCUT2D eigenvalue weighted by Crippen LogP contribution is 2.22. The van der Waals surface area contributed by atoms with Crippen LogP contribution in [0.2, 0.25) is 0 Å². The number of hydrogen-bond acceptors (Lipinski definition) is 2. The third-order valence-corrected chi connectivity index (χ3v) is 3.06. The molecular weight excluding hydrogens is 150 g/mol. The smallest absolute Gasteiger partial charge is 0.0936 e. The summed E-state index contributed by atoms with van der Waals surface area (Å²) in [6.07, 6.45) is 6.12. The van der Waals surface area contributed by atoms with Gasteiger partial charge in [-0.1, -0.05) is 13.3 Å². The minimum atomic E-state index is 0.581. The van der Waals surface area contributed by atoms with E-state index in [2.05, 4.69) is 11.8 Å². The summed E-state index contributed by atoms with van der Waals surface area (Å²) in [5, 5.41) is 0. The molecule has 0 unspecified atom stereocenters. The summed E-state index contributed by atoms with van der Waals surface area (Å²) in [5.74, 6) is 0. The van der Waals surface area contributed by atoms with E-state index in [0.29, 0.717) is 6.10 Å². The number of likely N-dealkylation sites (tertiary alicyclic amines) is 1. The van der Waals surface area contributed by atoms with Crippen LogP contribution in [0.25, 0.3) is 0 Å². The molecule has 0 aromatic rings. The Kier molecular flexibility index (Phi) is 2.66. The SMILES string of the molecule is CC[C@H]1CCCCN1C[C@@H]1CO1. The van der Waals surface area contributed by atoms with Gasteiger partial charge in [-0.3, -0.25) is 4.90 Å². The lowest BCUT2D eigenvalue weighted by Gasteiger charge is -2.34. The van der Waals surface area contributed by atoms with Gasteiger partial charge in [-0.15, -0.1) is 0 Å². The van der Waals surface area contributed by atoms with Gasteiger partial charge < -0.3 is 4.74 Å². The Bertz CT molecular complexity index is 145. The van der Waals surface area contributed by atoms with Gasteiger partial charge in [0.05, 0.1) is 12.7 Å². The van der Waals surface area contributed by atoms with Crippen LogP contribution in [0.3, 0.4) is 0 Å². The van der Waals surface area contributed by atoms with E-state index in [1.54, 1.807) is 0 Å². The predicted molar refractivity (Wildman–Crippen MR) is 49.2 cm³/mol. The number of piperidine rings is 1. The van der Waals surface area contributed by atoms with E-state index in [1.165, 1.54) is 38.8 Å². The monoisotopic (exact) mass is 169 g/mol. The zero-order valence-electron chi connectivity index (χ0n) is 7.96. The van der Waals surface area contributed by atoms with E-state index in [-0.39, 0.29) is 0 Å². The van der Waals surface area contributed by atoms with Gasteiger partial charge >= 0.3 is 0 Å². The van der Waals surface area contributed by atoms with Crippen LogP contribution in [0, 0.1) is 0 Å². The molecule has 2 heteroatoms. The normalized spacial score (nSPS) is 36.8. The van der Waals surface area contributed by atoms with E-state index >= 15 is 0 Å². The van der Waals surface area contributed by atoms with Crippen molar-refractivity contribution in [1.82, 2.24) is 4.90 Å². The van der Waals surface area contributed by atoms with Crippen molar-refractivity contribution in [3.8, 4) is 0 Å². The van der Waals surface area contributed by atoms with E-state index in [1.807, 2.05) is 0 Å². The Morgan fingerprint density at radius 3 is 2.92 bits per heavy atom. The standard InChI is InChI=1S/C10H19NO/c1-2-9-5-3-4-6-11(9)7-10-8-12-10/h9-10H,2-8H2,1H3/t9-,10+/m0/s1. The van der Waals surface area contributed by atoms with Gasteiger partial charge in [-0.2, -0.15) is 0 Å². The van der Waals surface area contributed by atoms with Gasteiger partial charge in [-0.25, -0.2) is 0 Å². The fourth-order valence-corrected chi connectivity index (χ4v) is 2.20. The average molecular weight is 169 g/mol. The van der Waals surface area contributed by atoms with E-state index in [0.717, 1.165) is 12.6 Å². The first-order valence-electron chi connectivity index (χ1n) is 5.26. The average Bonchev–Trinajstić information content (AvgIpc) is 2.89. The first kappa shape index (κ1) is 8.52. The van der Waals surface area contributed by atoms with Crippen molar-refractivity contribution in [1.29, 1.82) is 0 Å². The molecule has 2 fully saturated rings. The van der Waals surface area contributed by atoms with Crippen molar-refractivity contribution in [2.75, 3.05) is 19.7 Å². The summed E-state index contributed by atoms with van der Waals surface area (Å²) in [6, 6.07) is 0.850. The molecule has 12 heavy (non-hydrogen) atoms. The van der Waals surface area contributed by atoms with E-state index in [9.17, 15) is 0 Å². The van der Waals surface area contributed by atoms with Crippen LogP contribution >= 0.6 is 0 Å². The van der Waals surface area contributed by atoms with Crippen LogP contribution in [0.4, 0.5) is 0 Å². The van der Waals surface area contributed by atoms with Crippen LogP contribution in [-0.2, 0) is 4.74 Å². The zero-order chi connectivity index (χ0) is 8.39. The molecule has 0 spiro atoms. The minimum Gasteiger partial charge on any atom is -0.372 e. The van der Waals surface area contributed by atoms with Crippen molar-refractivity contribution in [3.05, 3.63) is 0 Å². The second-order valence-electron chi connectivity index (χ2n) is 4.01. The Morgan fingerprint density at radius 2 is 2.25 bits per heavy atom. The van der Waals surface area contributed by atoms with Crippen LogP contribution in [0.5, 0.6) is 0 Å². The summed E-state index contributed by atoms with van der Waals surface area (Å²) < 4.78 is 5.26. The summed E-state index contributed by atoms with van der Waals surface area (Å²) in [7, 11) is 0. The van der Waals surface area contributed by atoms with Gasteiger partial charge in [0, 0.05) is 12.6 Å². The topological polar surface area (TPSA) is 15.8 Å². The molecule has 0 saturated carbocycles. The van der Waals surface area contributed by atoms with Crippen LogP contribution in [-0.4, -0.2) is 36.7 Å². The number of rotatable bonds is 3. The highest BCUT2D eigenvalue weighted by molar-refractivity contribution is 4.81. The summed E-state index contributed by atoms with van der Waals surface area (Å²) in [6.45, 7) is 5.81. The third kappa shape index (κ3) is 1.99. The van der Waals surface area contributed by atoms with Crippen molar-refractivity contribution in [3.63, 3.8) is 0 Å². The van der Waals surface area contributed by atoms with Crippen molar-refractivity contribution in [2.45, 2.75) is 44.8 Å². The molecule has 2 rings (SSSR count). The molecule has 2 saturated heterocycles. The van der Waals surface area contributed by atoms with Gasteiger partial charge in [0.1, 0.15) is 0 Å². The molecule has 0 aromatic heterocycles. The maximum absolute atomic E-state index is 5.26. The minimum absolute atomic E-state index is 0.581. The Labute approximate surface area is 74.9 Å². The van der Waals surface area contributed by atoms with Gasteiger partial charge in [0.25, 0.3) is 0 Å². The highest BCUT2D eigenvalue weighted by Gasteiger charge is 2.29. The Balaban J connectivity index is 1.81. The molecule has 2 nitrogen and oxygen atoms in total. The lowest BCUT2D eigenvalue weighted by Crippen LogP contribution is -2.41. The van der Waals surface area contributed by atoms with E-state index in [4.69, 9.17) is 4.74 Å². The number of hydrogen-bond donors (Lipinski definition) is 0. The predicted octanol–water partition coefficient (Wildman–Crippen LogP) is 1.65. The molecule has 2 heterocycles. The molecule has 2 aliphatic rings. The number of ether oxygens (including phenoxy) is 1. The first-order chi connectivity index (χ1) is 5.90. The maximum atomic E-state index is 5.26. The number of epoxide rings is 1. The molecule has 0 aliphatic carbocycles. The summed E-state index contributed by atoms with van der Waals surface area (Å²) >= 11 is 0.